The minimum atomic E-state index is -0.718. The zero-order chi connectivity index (χ0) is 16.3. The molecule has 0 bridgehead atoms. The van der Waals surface area contributed by atoms with Gasteiger partial charge in [0.15, 0.2) is 0 Å². The van der Waals surface area contributed by atoms with E-state index in [-0.39, 0.29) is 17.9 Å². The third-order valence-corrected chi connectivity index (χ3v) is 4.33. The van der Waals surface area contributed by atoms with Gasteiger partial charge < -0.3 is 10.4 Å². The first-order chi connectivity index (χ1) is 10.3. The fraction of sp³-hybridized carbons (Fsp3) is 0.412. The van der Waals surface area contributed by atoms with Gasteiger partial charge in [0.2, 0.25) is 0 Å². The van der Waals surface area contributed by atoms with Crippen LogP contribution in [0.5, 0.6) is 0 Å². The zero-order valence-electron chi connectivity index (χ0n) is 13.4. The van der Waals surface area contributed by atoms with E-state index < -0.39 is 6.10 Å². The molecule has 1 heterocycles. The van der Waals surface area contributed by atoms with Crippen LogP contribution in [0.15, 0.2) is 29.6 Å². The van der Waals surface area contributed by atoms with Crippen LogP contribution < -0.4 is 5.32 Å². The van der Waals surface area contributed by atoms with Crippen molar-refractivity contribution in [2.75, 3.05) is 6.54 Å². The Balaban J connectivity index is 1.96. The molecule has 1 atom stereocenters. The van der Waals surface area contributed by atoms with Crippen molar-refractivity contribution >= 4 is 17.4 Å². The highest BCUT2D eigenvalue weighted by atomic mass is 32.1. The minimum Gasteiger partial charge on any atom is -0.387 e. The number of carbonyl (C=O) groups excluding carboxylic acids is 1. The Morgan fingerprint density at radius 3 is 2.45 bits per heavy atom. The summed E-state index contributed by atoms with van der Waals surface area (Å²) in [6, 6.07) is 7.87. The van der Waals surface area contributed by atoms with Gasteiger partial charge in [-0.15, -0.1) is 0 Å². The van der Waals surface area contributed by atoms with Gasteiger partial charge in [-0.25, -0.2) is 0 Å². The molecule has 0 aliphatic heterocycles. The average molecular weight is 318 g/mol. The molecule has 0 fully saturated rings. The van der Waals surface area contributed by atoms with Crippen LogP contribution in [0.25, 0.3) is 0 Å². The number of hydrogen-bond acceptors (Lipinski definition) is 4. The predicted octanol–water partition coefficient (Wildman–Crippen LogP) is 3.21. The second kappa shape index (κ2) is 6.58. The molecule has 0 saturated heterocycles. The lowest BCUT2D eigenvalue weighted by molar-refractivity contribution is 0.0916. The second-order valence-corrected chi connectivity index (χ2v) is 7.04. The molecule has 0 saturated carbocycles. The summed E-state index contributed by atoms with van der Waals surface area (Å²) in [5.41, 5.74) is 3.38. The van der Waals surface area contributed by atoms with Gasteiger partial charge in [-0.3, -0.25) is 4.79 Å². The molecule has 0 aliphatic rings. The minimum absolute atomic E-state index is 0.0845. The van der Waals surface area contributed by atoms with E-state index in [4.69, 9.17) is 0 Å². The van der Waals surface area contributed by atoms with Gasteiger partial charge in [0.25, 0.3) is 5.91 Å². The molecule has 1 amide bonds. The average Bonchev–Trinajstić information content (AvgIpc) is 2.90. The van der Waals surface area contributed by atoms with E-state index in [1.54, 1.807) is 12.3 Å². The van der Waals surface area contributed by atoms with Crippen molar-refractivity contribution in [3.05, 3.63) is 52.0 Å². The number of nitrogens with zero attached hydrogens (tertiary/aromatic N) is 1. The van der Waals surface area contributed by atoms with E-state index >= 15 is 0 Å². The summed E-state index contributed by atoms with van der Waals surface area (Å²) in [6.45, 7) is 8.43. The van der Waals surface area contributed by atoms with Crippen molar-refractivity contribution in [3.8, 4) is 0 Å². The number of aryl methyl sites for hydroxylation is 1. The highest BCUT2D eigenvalue weighted by Crippen LogP contribution is 2.23. The van der Waals surface area contributed by atoms with Gasteiger partial charge in [0, 0.05) is 11.9 Å². The van der Waals surface area contributed by atoms with E-state index in [1.165, 1.54) is 17.1 Å². The molecule has 2 rings (SSSR count). The maximum absolute atomic E-state index is 12.0. The summed E-state index contributed by atoms with van der Waals surface area (Å²) in [5, 5.41) is 14.7. The van der Waals surface area contributed by atoms with Crippen molar-refractivity contribution in [3.63, 3.8) is 0 Å². The highest BCUT2D eigenvalue weighted by Gasteiger charge is 2.16. The number of benzene rings is 1. The largest absolute Gasteiger partial charge is 0.387 e. The Labute approximate surface area is 135 Å². The number of nitrogens with one attached hydrogen (secondary N) is 1. The maximum Gasteiger partial charge on any atom is 0.254 e. The molecule has 0 aliphatic carbocycles. The fourth-order valence-corrected chi connectivity index (χ4v) is 2.81. The Hall–Kier alpha value is -1.72. The molecule has 4 nitrogen and oxygen atoms in total. The van der Waals surface area contributed by atoms with Gasteiger partial charge in [-0.1, -0.05) is 45.0 Å². The predicted molar refractivity (Wildman–Crippen MR) is 89.3 cm³/mol. The van der Waals surface area contributed by atoms with E-state index in [1.807, 2.05) is 24.3 Å². The normalized spacial score (nSPS) is 13.0. The maximum atomic E-state index is 12.0. The molecule has 5 heteroatoms. The molecule has 0 radical (unpaired) electrons. The Kier molecular flexibility index (Phi) is 4.98. The molecule has 118 valence electrons. The molecule has 2 aromatic rings. The summed E-state index contributed by atoms with van der Waals surface area (Å²) in [6.07, 6.45) is -0.718. The second-order valence-electron chi connectivity index (χ2n) is 6.41. The Morgan fingerprint density at radius 1 is 1.32 bits per heavy atom. The van der Waals surface area contributed by atoms with Crippen molar-refractivity contribution in [2.45, 2.75) is 39.2 Å². The molecule has 22 heavy (non-hydrogen) atoms. The van der Waals surface area contributed by atoms with Crippen molar-refractivity contribution in [1.29, 1.82) is 0 Å². The first-order valence-corrected chi connectivity index (χ1v) is 8.10. The standard InChI is InChI=1S/C17H22N2O2S/c1-11-14(10-22-19-11)16(21)18-9-15(20)12-5-7-13(8-6-12)17(2,3)4/h5-8,10,15,20H,9H2,1-4H3,(H,18,21). The summed E-state index contributed by atoms with van der Waals surface area (Å²) in [5.74, 6) is -0.198. The Morgan fingerprint density at radius 2 is 1.95 bits per heavy atom. The monoisotopic (exact) mass is 318 g/mol. The van der Waals surface area contributed by atoms with Crippen LogP contribution in [0.3, 0.4) is 0 Å². The van der Waals surface area contributed by atoms with Crippen LogP contribution in [0.2, 0.25) is 0 Å². The lowest BCUT2D eigenvalue weighted by Gasteiger charge is -2.20. The van der Waals surface area contributed by atoms with Crippen molar-refractivity contribution in [1.82, 2.24) is 9.69 Å². The SMILES string of the molecule is Cc1nscc1C(=O)NCC(O)c1ccc(C(C)(C)C)cc1. The molecule has 0 spiro atoms. The van der Waals surface area contributed by atoms with Crippen LogP contribution in [0, 0.1) is 6.92 Å². The van der Waals surface area contributed by atoms with Crippen LogP contribution in [0.4, 0.5) is 0 Å². The van der Waals surface area contributed by atoms with Crippen LogP contribution >= 0.6 is 11.5 Å². The zero-order valence-corrected chi connectivity index (χ0v) is 14.2. The van der Waals surface area contributed by atoms with E-state index in [0.29, 0.717) is 11.3 Å². The number of rotatable bonds is 4. The number of hydrogen-bond donors (Lipinski definition) is 2. The molecule has 1 aromatic heterocycles. The smallest absolute Gasteiger partial charge is 0.254 e. The third kappa shape index (κ3) is 3.93. The van der Waals surface area contributed by atoms with Gasteiger partial charge in [0.05, 0.1) is 17.4 Å². The summed E-state index contributed by atoms with van der Waals surface area (Å²) in [7, 11) is 0. The van der Waals surface area contributed by atoms with E-state index in [2.05, 4.69) is 30.5 Å². The molecule has 1 unspecified atom stereocenters. The topological polar surface area (TPSA) is 62.2 Å². The lowest BCUT2D eigenvalue weighted by Crippen LogP contribution is -2.28. The number of aliphatic hydroxyl groups excluding tert-OH is 1. The fourth-order valence-electron chi connectivity index (χ4n) is 2.12. The van der Waals surface area contributed by atoms with Crippen LogP contribution in [-0.2, 0) is 5.41 Å². The first kappa shape index (κ1) is 16.6. The van der Waals surface area contributed by atoms with Gasteiger partial charge in [-0.05, 0) is 35.0 Å². The van der Waals surface area contributed by atoms with Crippen LogP contribution in [0.1, 0.15) is 54.1 Å². The quantitative estimate of drug-likeness (QED) is 0.910. The summed E-state index contributed by atoms with van der Waals surface area (Å²) in [4.78, 5) is 12.0. The van der Waals surface area contributed by atoms with Gasteiger partial charge in [0.1, 0.15) is 0 Å². The van der Waals surface area contributed by atoms with Gasteiger partial charge >= 0.3 is 0 Å². The highest BCUT2D eigenvalue weighted by molar-refractivity contribution is 7.03. The number of carbonyl (C=O) groups is 1. The number of amides is 1. The first-order valence-electron chi connectivity index (χ1n) is 7.26. The number of aliphatic hydroxyl groups is 1. The van der Waals surface area contributed by atoms with Crippen LogP contribution in [-0.4, -0.2) is 21.9 Å². The summed E-state index contributed by atoms with van der Waals surface area (Å²) >= 11 is 1.26. The van der Waals surface area contributed by atoms with E-state index in [9.17, 15) is 9.90 Å². The lowest BCUT2D eigenvalue weighted by atomic mass is 9.86. The molecule has 2 N–H and O–H groups in total. The van der Waals surface area contributed by atoms with E-state index in [0.717, 1.165) is 5.56 Å². The molecular formula is C17H22N2O2S. The Bertz CT molecular complexity index is 641. The molecule has 1 aromatic carbocycles. The summed E-state index contributed by atoms with van der Waals surface area (Å²) < 4.78 is 4.07. The van der Waals surface area contributed by atoms with Crippen molar-refractivity contribution in [2.24, 2.45) is 0 Å². The number of aromatic nitrogens is 1. The third-order valence-electron chi connectivity index (χ3n) is 3.61. The van der Waals surface area contributed by atoms with Crippen molar-refractivity contribution < 1.29 is 9.90 Å². The molecular weight excluding hydrogens is 296 g/mol. The van der Waals surface area contributed by atoms with Gasteiger partial charge in [-0.2, -0.15) is 4.37 Å².